The standard InChI is InChI=1S/C12H17NO3/c1-9(7-11(15)8-14)13-12(16)10-5-3-2-4-6-10/h2-6,9,11,14-15H,7-8H2,1H3,(H,13,16)/t9-,11?/m0/s1. The summed E-state index contributed by atoms with van der Waals surface area (Å²) in [5, 5.41) is 20.6. The van der Waals surface area contributed by atoms with Gasteiger partial charge in [0, 0.05) is 11.6 Å². The molecule has 1 aromatic carbocycles. The number of carbonyl (C=O) groups is 1. The summed E-state index contributed by atoms with van der Waals surface area (Å²) in [5.41, 5.74) is 0.591. The van der Waals surface area contributed by atoms with E-state index in [0.29, 0.717) is 12.0 Å². The van der Waals surface area contributed by atoms with Crippen molar-refractivity contribution in [1.29, 1.82) is 0 Å². The first-order valence-corrected chi connectivity index (χ1v) is 5.28. The number of amides is 1. The minimum absolute atomic E-state index is 0.168. The van der Waals surface area contributed by atoms with E-state index in [2.05, 4.69) is 5.32 Å². The Bertz CT molecular complexity index is 326. The molecule has 1 unspecified atom stereocenters. The third-order valence-corrected chi connectivity index (χ3v) is 2.25. The van der Waals surface area contributed by atoms with Gasteiger partial charge in [0.05, 0.1) is 12.7 Å². The molecule has 88 valence electrons. The van der Waals surface area contributed by atoms with Crippen LogP contribution in [0.25, 0.3) is 0 Å². The first-order chi connectivity index (χ1) is 7.63. The van der Waals surface area contributed by atoms with Crippen LogP contribution in [-0.4, -0.2) is 34.9 Å². The number of aliphatic hydroxyl groups is 2. The van der Waals surface area contributed by atoms with Crippen LogP contribution in [0.4, 0.5) is 0 Å². The Labute approximate surface area is 94.9 Å². The SMILES string of the molecule is C[C@@H](CC(O)CO)NC(=O)c1ccccc1. The van der Waals surface area contributed by atoms with Crippen LogP contribution in [-0.2, 0) is 0 Å². The van der Waals surface area contributed by atoms with E-state index in [0.717, 1.165) is 0 Å². The molecule has 0 saturated carbocycles. The van der Waals surface area contributed by atoms with Crippen LogP contribution in [0.3, 0.4) is 0 Å². The summed E-state index contributed by atoms with van der Waals surface area (Å²) >= 11 is 0. The Kier molecular flexibility index (Phi) is 4.95. The minimum atomic E-state index is -0.786. The molecule has 16 heavy (non-hydrogen) atoms. The van der Waals surface area contributed by atoms with E-state index in [1.807, 2.05) is 6.07 Å². The van der Waals surface area contributed by atoms with E-state index in [1.54, 1.807) is 31.2 Å². The first-order valence-electron chi connectivity index (χ1n) is 5.28. The molecule has 0 fully saturated rings. The zero-order chi connectivity index (χ0) is 12.0. The average Bonchev–Trinajstić information content (AvgIpc) is 2.29. The van der Waals surface area contributed by atoms with Crippen molar-refractivity contribution in [2.75, 3.05) is 6.61 Å². The molecule has 0 aliphatic rings. The van der Waals surface area contributed by atoms with E-state index >= 15 is 0 Å². The van der Waals surface area contributed by atoms with Crippen molar-refractivity contribution in [3.05, 3.63) is 35.9 Å². The molecule has 0 aromatic heterocycles. The summed E-state index contributed by atoms with van der Waals surface area (Å²) in [6.45, 7) is 1.51. The molecule has 0 saturated heterocycles. The Morgan fingerprint density at radius 2 is 2.00 bits per heavy atom. The van der Waals surface area contributed by atoms with Gasteiger partial charge in [0.25, 0.3) is 5.91 Å². The van der Waals surface area contributed by atoms with Crippen LogP contribution < -0.4 is 5.32 Å². The molecule has 0 aliphatic carbocycles. The molecule has 0 aliphatic heterocycles. The fourth-order valence-electron chi connectivity index (χ4n) is 1.44. The zero-order valence-corrected chi connectivity index (χ0v) is 9.26. The second-order valence-electron chi connectivity index (χ2n) is 3.81. The summed E-state index contributed by atoms with van der Waals surface area (Å²) < 4.78 is 0. The molecule has 1 amide bonds. The highest BCUT2D eigenvalue weighted by Gasteiger charge is 2.12. The van der Waals surface area contributed by atoms with Crippen molar-refractivity contribution in [3.8, 4) is 0 Å². The fraction of sp³-hybridized carbons (Fsp3) is 0.417. The van der Waals surface area contributed by atoms with Gasteiger partial charge in [0.15, 0.2) is 0 Å². The summed E-state index contributed by atoms with van der Waals surface area (Å²) in [7, 11) is 0. The summed E-state index contributed by atoms with van der Waals surface area (Å²) in [6, 6.07) is 8.71. The average molecular weight is 223 g/mol. The van der Waals surface area contributed by atoms with Crippen molar-refractivity contribution < 1.29 is 15.0 Å². The van der Waals surface area contributed by atoms with Crippen LogP contribution in [0.2, 0.25) is 0 Å². The lowest BCUT2D eigenvalue weighted by Crippen LogP contribution is -2.35. The van der Waals surface area contributed by atoms with Gasteiger partial charge in [-0.05, 0) is 25.5 Å². The normalized spacial score (nSPS) is 14.2. The number of aliphatic hydroxyl groups excluding tert-OH is 2. The van der Waals surface area contributed by atoms with Gasteiger partial charge >= 0.3 is 0 Å². The molecule has 1 rings (SSSR count). The Balaban J connectivity index is 2.46. The molecule has 1 aromatic rings. The molecule has 0 heterocycles. The molecule has 0 radical (unpaired) electrons. The molecule has 4 nitrogen and oxygen atoms in total. The van der Waals surface area contributed by atoms with Gasteiger partial charge in [0.2, 0.25) is 0 Å². The minimum Gasteiger partial charge on any atom is -0.394 e. The van der Waals surface area contributed by atoms with Gasteiger partial charge in [0.1, 0.15) is 0 Å². The topological polar surface area (TPSA) is 69.6 Å². The monoisotopic (exact) mass is 223 g/mol. The predicted molar refractivity (Wildman–Crippen MR) is 61.1 cm³/mol. The second-order valence-corrected chi connectivity index (χ2v) is 3.81. The summed E-state index contributed by atoms with van der Waals surface area (Å²) in [4.78, 5) is 11.7. The summed E-state index contributed by atoms with van der Waals surface area (Å²) in [5.74, 6) is -0.168. The lowest BCUT2D eigenvalue weighted by molar-refractivity contribution is 0.0758. The molecular weight excluding hydrogens is 206 g/mol. The lowest BCUT2D eigenvalue weighted by atomic mass is 10.1. The molecule has 2 atom stereocenters. The van der Waals surface area contributed by atoms with Crippen molar-refractivity contribution in [1.82, 2.24) is 5.32 Å². The predicted octanol–water partition coefficient (Wildman–Crippen LogP) is 0.548. The van der Waals surface area contributed by atoms with Crippen molar-refractivity contribution in [2.24, 2.45) is 0 Å². The molecule has 4 heteroatoms. The van der Waals surface area contributed by atoms with E-state index < -0.39 is 6.10 Å². The zero-order valence-electron chi connectivity index (χ0n) is 9.26. The van der Waals surface area contributed by atoms with Gasteiger partial charge in [-0.1, -0.05) is 18.2 Å². The maximum atomic E-state index is 11.7. The van der Waals surface area contributed by atoms with Gasteiger partial charge in [-0.3, -0.25) is 4.79 Å². The summed E-state index contributed by atoms with van der Waals surface area (Å²) in [6.07, 6.45) is -0.444. The largest absolute Gasteiger partial charge is 0.394 e. The highest BCUT2D eigenvalue weighted by atomic mass is 16.3. The maximum absolute atomic E-state index is 11.7. The fourth-order valence-corrected chi connectivity index (χ4v) is 1.44. The smallest absolute Gasteiger partial charge is 0.251 e. The molecule has 3 N–H and O–H groups in total. The molecular formula is C12H17NO3. The Morgan fingerprint density at radius 1 is 1.38 bits per heavy atom. The van der Waals surface area contributed by atoms with Crippen LogP contribution in [0.5, 0.6) is 0 Å². The lowest BCUT2D eigenvalue weighted by Gasteiger charge is -2.16. The molecule has 0 spiro atoms. The molecule has 0 bridgehead atoms. The highest BCUT2D eigenvalue weighted by Crippen LogP contribution is 2.01. The van der Waals surface area contributed by atoms with Crippen molar-refractivity contribution >= 4 is 5.91 Å². The number of benzene rings is 1. The third kappa shape index (κ3) is 4.00. The van der Waals surface area contributed by atoms with Gasteiger partial charge in [-0.25, -0.2) is 0 Å². The van der Waals surface area contributed by atoms with E-state index in [4.69, 9.17) is 5.11 Å². The van der Waals surface area contributed by atoms with E-state index in [9.17, 15) is 9.90 Å². The van der Waals surface area contributed by atoms with E-state index in [-0.39, 0.29) is 18.6 Å². The third-order valence-electron chi connectivity index (χ3n) is 2.25. The van der Waals surface area contributed by atoms with Crippen LogP contribution in [0.15, 0.2) is 30.3 Å². The second kappa shape index (κ2) is 6.25. The number of nitrogens with one attached hydrogen (secondary N) is 1. The quantitative estimate of drug-likeness (QED) is 0.682. The first kappa shape index (κ1) is 12.7. The Morgan fingerprint density at radius 3 is 2.56 bits per heavy atom. The van der Waals surface area contributed by atoms with Crippen LogP contribution >= 0.6 is 0 Å². The van der Waals surface area contributed by atoms with Gasteiger partial charge in [-0.15, -0.1) is 0 Å². The maximum Gasteiger partial charge on any atom is 0.251 e. The van der Waals surface area contributed by atoms with Crippen molar-refractivity contribution in [2.45, 2.75) is 25.5 Å². The Hall–Kier alpha value is -1.39. The number of hydrogen-bond donors (Lipinski definition) is 3. The van der Waals surface area contributed by atoms with Crippen molar-refractivity contribution in [3.63, 3.8) is 0 Å². The number of rotatable bonds is 5. The number of carbonyl (C=O) groups excluding carboxylic acids is 1. The van der Waals surface area contributed by atoms with Gasteiger partial charge < -0.3 is 15.5 Å². The number of hydrogen-bond acceptors (Lipinski definition) is 3. The van der Waals surface area contributed by atoms with Crippen LogP contribution in [0.1, 0.15) is 23.7 Å². The van der Waals surface area contributed by atoms with E-state index in [1.165, 1.54) is 0 Å². The van der Waals surface area contributed by atoms with Crippen LogP contribution in [0, 0.1) is 0 Å². The van der Waals surface area contributed by atoms with Gasteiger partial charge in [-0.2, -0.15) is 0 Å². The highest BCUT2D eigenvalue weighted by molar-refractivity contribution is 5.94.